The Bertz CT molecular complexity index is 377. The molecule has 1 fully saturated rings. The van der Waals surface area contributed by atoms with Crippen molar-refractivity contribution in [3.63, 3.8) is 0 Å². The summed E-state index contributed by atoms with van der Waals surface area (Å²) in [7, 11) is 3.82. The molecule has 1 aromatic carbocycles. The van der Waals surface area contributed by atoms with Gasteiger partial charge in [0.15, 0.2) is 0 Å². The molecule has 100 valence electrons. The van der Waals surface area contributed by atoms with Gasteiger partial charge in [-0.25, -0.2) is 0 Å². The lowest BCUT2D eigenvalue weighted by molar-refractivity contribution is 0.308. The summed E-state index contributed by atoms with van der Waals surface area (Å²) in [6.07, 6.45) is 5.25. The van der Waals surface area contributed by atoms with Crippen molar-refractivity contribution in [3.05, 3.63) is 29.8 Å². The molecule has 1 aromatic rings. The molecule has 0 saturated heterocycles. The third-order valence-corrected chi connectivity index (χ3v) is 4.41. The topological polar surface area (TPSA) is 21.3 Å². The standard InChI is InChI=1S/C16H25NO/c1-12-6-4-9-15(12)16(17-2)11-13-7-5-8-14(10-13)18-3/h5,7-8,10,12,15-17H,4,6,9,11H2,1-3H3. The molecular formula is C16H25NO. The van der Waals surface area contributed by atoms with E-state index in [9.17, 15) is 0 Å². The lowest BCUT2D eigenvalue weighted by Gasteiger charge is -2.27. The van der Waals surface area contributed by atoms with E-state index in [0.717, 1.165) is 24.0 Å². The zero-order valence-electron chi connectivity index (χ0n) is 11.8. The number of methoxy groups -OCH3 is 1. The molecule has 1 aliphatic rings. The molecule has 1 saturated carbocycles. The first kappa shape index (κ1) is 13.4. The van der Waals surface area contributed by atoms with Gasteiger partial charge in [-0.1, -0.05) is 31.9 Å². The highest BCUT2D eigenvalue weighted by molar-refractivity contribution is 5.29. The molecular weight excluding hydrogens is 222 g/mol. The average Bonchev–Trinajstić information content (AvgIpc) is 2.82. The number of nitrogens with one attached hydrogen (secondary N) is 1. The van der Waals surface area contributed by atoms with Crippen molar-refractivity contribution < 1.29 is 4.74 Å². The van der Waals surface area contributed by atoms with Crippen molar-refractivity contribution in [2.75, 3.05) is 14.2 Å². The van der Waals surface area contributed by atoms with Crippen LogP contribution in [0.25, 0.3) is 0 Å². The van der Waals surface area contributed by atoms with Gasteiger partial charge in [0.05, 0.1) is 7.11 Å². The molecule has 2 nitrogen and oxygen atoms in total. The van der Waals surface area contributed by atoms with E-state index >= 15 is 0 Å². The lowest BCUT2D eigenvalue weighted by Crippen LogP contribution is -2.36. The molecule has 3 unspecified atom stereocenters. The minimum Gasteiger partial charge on any atom is -0.497 e. The van der Waals surface area contributed by atoms with E-state index in [1.54, 1.807) is 7.11 Å². The van der Waals surface area contributed by atoms with E-state index in [-0.39, 0.29) is 0 Å². The fourth-order valence-electron chi connectivity index (χ4n) is 3.29. The quantitative estimate of drug-likeness (QED) is 0.862. The van der Waals surface area contributed by atoms with Gasteiger partial charge in [0.25, 0.3) is 0 Å². The first-order chi connectivity index (χ1) is 8.74. The summed E-state index contributed by atoms with van der Waals surface area (Å²) in [5.74, 6) is 2.64. The summed E-state index contributed by atoms with van der Waals surface area (Å²) < 4.78 is 5.30. The second-order valence-electron chi connectivity index (χ2n) is 5.52. The highest BCUT2D eigenvalue weighted by Gasteiger charge is 2.29. The van der Waals surface area contributed by atoms with Crippen LogP contribution in [0.3, 0.4) is 0 Å². The van der Waals surface area contributed by atoms with Gasteiger partial charge >= 0.3 is 0 Å². The van der Waals surface area contributed by atoms with Gasteiger partial charge < -0.3 is 10.1 Å². The Morgan fingerprint density at radius 2 is 2.22 bits per heavy atom. The van der Waals surface area contributed by atoms with Crippen LogP contribution in [0, 0.1) is 11.8 Å². The minimum absolute atomic E-state index is 0.592. The fourth-order valence-corrected chi connectivity index (χ4v) is 3.29. The Morgan fingerprint density at radius 3 is 2.83 bits per heavy atom. The number of likely N-dealkylation sites (N-methyl/N-ethyl adjacent to an activating group) is 1. The first-order valence-electron chi connectivity index (χ1n) is 7.04. The largest absolute Gasteiger partial charge is 0.497 e. The molecule has 3 atom stereocenters. The zero-order chi connectivity index (χ0) is 13.0. The van der Waals surface area contributed by atoms with Gasteiger partial charge in [0.1, 0.15) is 5.75 Å². The molecule has 0 heterocycles. The molecule has 2 rings (SSSR count). The Hall–Kier alpha value is -1.02. The van der Waals surface area contributed by atoms with Crippen LogP contribution in [0.4, 0.5) is 0 Å². The van der Waals surface area contributed by atoms with Gasteiger partial charge in [0, 0.05) is 6.04 Å². The van der Waals surface area contributed by atoms with Crippen LogP contribution >= 0.6 is 0 Å². The smallest absolute Gasteiger partial charge is 0.119 e. The third-order valence-electron chi connectivity index (χ3n) is 4.41. The van der Waals surface area contributed by atoms with Gasteiger partial charge in [0.2, 0.25) is 0 Å². The van der Waals surface area contributed by atoms with E-state index in [4.69, 9.17) is 4.74 Å². The average molecular weight is 247 g/mol. The summed E-state index contributed by atoms with van der Waals surface area (Å²) in [5, 5.41) is 3.52. The summed E-state index contributed by atoms with van der Waals surface area (Å²) in [4.78, 5) is 0. The van der Waals surface area contributed by atoms with Crippen molar-refractivity contribution in [1.82, 2.24) is 5.32 Å². The predicted octanol–water partition coefficient (Wildman–Crippen LogP) is 3.26. The van der Waals surface area contributed by atoms with Gasteiger partial charge in [-0.3, -0.25) is 0 Å². The molecule has 0 bridgehead atoms. The summed E-state index contributed by atoms with van der Waals surface area (Å²) >= 11 is 0. The van der Waals surface area contributed by atoms with Crippen molar-refractivity contribution in [1.29, 1.82) is 0 Å². The number of benzene rings is 1. The van der Waals surface area contributed by atoms with Crippen LogP contribution in [0.1, 0.15) is 31.7 Å². The second-order valence-corrected chi connectivity index (χ2v) is 5.52. The van der Waals surface area contributed by atoms with Gasteiger partial charge in [-0.05, 0) is 49.4 Å². The molecule has 0 aliphatic heterocycles. The molecule has 2 heteroatoms. The Balaban J connectivity index is 2.05. The summed E-state index contributed by atoms with van der Waals surface area (Å²) in [5.41, 5.74) is 1.37. The molecule has 18 heavy (non-hydrogen) atoms. The summed E-state index contributed by atoms with van der Waals surface area (Å²) in [6, 6.07) is 9.04. The minimum atomic E-state index is 0.592. The second kappa shape index (κ2) is 6.24. The molecule has 0 aromatic heterocycles. The SMILES string of the molecule is CNC(Cc1cccc(OC)c1)C1CCCC1C. The van der Waals surface area contributed by atoms with Gasteiger partial charge in [-0.15, -0.1) is 0 Å². The lowest BCUT2D eigenvalue weighted by atomic mass is 9.86. The van der Waals surface area contributed by atoms with E-state index in [1.165, 1.54) is 24.8 Å². The van der Waals surface area contributed by atoms with E-state index < -0.39 is 0 Å². The van der Waals surface area contributed by atoms with Crippen LogP contribution in [0.2, 0.25) is 0 Å². The molecule has 0 amide bonds. The van der Waals surface area contributed by atoms with Crippen LogP contribution in [0.15, 0.2) is 24.3 Å². The third kappa shape index (κ3) is 3.05. The fraction of sp³-hybridized carbons (Fsp3) is 0.625. The monoisotopic (exact) mass is 247 g/mol. The Labute approximate surface area is 111 Å². The van der Waals surface area contributed by atoms with Crippen LogP contribution < -0.4 is 10.1 Å². The highest BCUT2D eigenvalue weighted by Crippen LogP contribution is 2.34. The number of hydrogen-bond acceptors (Lipinski definition) is 2. The maximum Gasteiger partial charge on any atom is 0.119 e. The molecule has 1 aliphatic carbocycles. The Kier molecular flexibility index (Phi) is 4.65. The normalized spacial score (nSPS) is 25.1. The van der Waals surface area contributed by atoms with Gasteiger partial charge in [-0.2, -0.15) is 0 Å². The highest BCUT2D eigenvalue weighted by atomic mass is 16.5. The molecule has 0 spiro atoms. The first-order valence-corrected chi connectivity index (χ1v) is 7.04. The maximum absolute atomic E-state index is 5.30. The van der Waals surface area contributed by atoms with Crippen molar-refractivity contribution in [2.45, 2.75) is 38.6 Å². The van der Waals surface area contributed by atoms with Crippen molar-refractivity contribution >= 4 is 0 Å². The zero-order valence-corrected chi connectivity index (χ0v) is 11.8. The van der Waals surface area contributed by atoms with Crippen LogP contribution in [0.5, 0.6) is 5.75 Å². The summed E-state index contributed by atoms with van der Waals surface area (Å²) in [6.45, 7) is 2.40. The molecule has 0 radical (unpaired) electrons. The predicted molar refractivity (Wildman–Crippen MR) is 76.1 cm³/mol. The molecule has 1 N–H and O–H groups in total. The van der Waals surface area contributed by atoms with Crippen LogP contribution in [-0.4, -0.2) is 20.2 Å². The van der Waals surface area contributed by atoms with E-state index in [1.807, 2.05) is 6.07 Å². The number of ether oxygens (including phenoxy) is 1. The van der Waals surface area contributed by atoms with E-state index in [2.05, 4.69) is 37.5 Å². The maximum atomic E-state index is 5.30. The Morgan fingerprint density at radius 1 is 1.39 bits per heavy atom. The van der Waals surface area contributed by atoms with E-state index in [0.29, 0.717) is 6.04 Å². The number of hydrogen-bond donors (Lipinski definition) is 1. The van der Waals surface area contributed by atoms with Crippen LogP contribution in [-0.2, 0) is 6.42 Å². The van der Waals surface area contributed by atoms with Crippen molar-refractivity contribution in [2.24, 2.45) is 11.8 Å². The van der Waals surface area contributed by atoms with Crippen molar-refractivity contribution in [3.8, 4) is 5.75 Å². The number of rotatable bonds is 5.